The molecule has 1 heterocycles. The lowest BCUT2D eigenvalue weighted by molar-refractivity contribution is 0.0944. The molecule has 0 radical (unpaired) electrons. The number of likely N-dealkylation sites (N-methyl/N-ethyl adjacent to an activating group) is 1. The van der Waals surface area contributed by atoms with Crippen molar-refractivity contribution in [1.82, 2.24) is 20.4 Å². The number of carbonyl (C=O) groups is 1. The molecule has 0 fully saturated rings. The van der Waals surface area contributed by atoms with E-state index in [9.17, 15) is 4.79 Å². The molecule has 1 aromatic carbocycles. The van der Waals surface area contributed by atoms with E-state index in [1.165, 1.54) is 16.8 Å². The smallest absolute Gasteiger partial charge is 0.272 e. The lowest BCUT2D eigenvalue weighted by atomic mass is 10.1. The van der Waals surface area contributed by atoms with Gasteiger partial charge in [-0.3, -0.25) is 4.79 Å². The van der Waals surface area contributed by atoms with Crippen molar-refractivity contribution >= 4 is 5.91 Å². The lowest BCUT2D eigenvalue weighted by Crippen LogP contribution is -2.37. The number of nitrogens with zero attached hydrogens (tertiary/aromatic N) is 2. The molecule has 5 nitrogen and oxygen atoms in total. The first-order valence-corrected chi connectivity index (χ1v) is 8.65. The number of fused-ring (bicyclic) bond motifs is 1. The summed E-state index contributed by atoms with van der Waals surface area (Å²) in [5, 5.41) is 10.8. The highest BCUT2D eigenvalue weighted by atomic mass is 16.2. The molecular weight excluding hydrogens is 300 g/mol. The Morgan fingerprint density at radius 3 is 2.83 bits per heavy atom. The Bertz CT molecular complexity index is 763. The van der Waals surface area contributed by atoms with Crippen molar-refractivity contribution in [2.45, 2.75) is 46.1 Å². The van der Waals surface area contributed by atoms with Crippen LogP contribution in [-0.2, 0) is 12.8 Å². The van der Waals surface area contributed by atoms with E-state index >= 15 is 0 Å². The Balaban J connectivity index is 1.94. The van der Waals surface area contributed by atoms with Gasteiger partial charge in [-0.15, -0.1) is 0 Å². The van der Waals surface area contributed by atoms with Crippen LogP contribution in [0.2, 0.25) is 0 Å². The third-order valence-corrected chi connectivity index (χ3v) is 4.79. The van der Waals surface area contributed by atoms with Crippen LogP contribution in [0.15, 0.2) is 18.2 Å². The molecule has 2 aromatic rings. The number of hydrogen-bond acceptors (Lipinski definition) is 3. The van der Waals surface area contributed by atoms with E-state index in [0.717, 1.165) is 30.5 Å². The molecule has 3 rings (SSSR count). The van der Waals surface area contributed by atoms with Gasteiger partial charge in [0.2, 0.25) is 0 Å². The van der Waals surface area contributed by atoms with E-state index in [0.29, 0.717) is 12.2 Å². The molecule has 1 aromatic heterocycles. The second-order valence-corrected chi connectivity index (χ2v) is 6.73. The molecule has 0 aliphatic heterocycles. The molecule has 128 valence electrons. The summed E-state index contributed by atoms with van der Waals surface area (Å²) in [6.07, 6.45) is 3.01. The van der Waals surface area contributed by atoms with Crippen molar-refractivity contribution in [3.8, 4) is 5.69 Å². The summed E-state index contributed by atoms with van der Waals surface area (Å²) < 4.78 is 1.98. The summed E-state index contributed by atoms with van der Waals surface area (Å²) in [7, 11) is 1.89. The molecule has 1 unspecified atom stereocenters. The molecule has 5 heteroatoms. The number of aromatic nitrogens is 2. The van der Waals surface area contributed by atoms with Gasteiger partial charge >= 0.3 is 0 Å². The first-order valence-electron chi connectivity index (χ1n) is 8.65. The van der Waals surface area contributed by atoms with Crippen LogP contribution < -0.4 is 10.6 Å². The number of nitrogens with one attached hydrogen (secondary N) is 2. The molecule has 0 saturated carbocycles. The fourth-order valence-electron chi connectivity index (χ4n) is 3.29. The van der Waals surface area contributed by atoms with E-state index in [2.05, 4.69) is 47.8 Å². The van der Waals surface area contributed by atoms with Crippen molar-refractivity contribution in [3.63, 3.8) is 0 Å². The van der Waals surface area contributed by atoms with E-state index in [1.54, 1.807) is 0 Å². The third kappa shape index (κ3) is 3.08. The molecule has 0 saturated heterocycles. The van der Waals surface area contributed by atoms with Crippen LogP contribution in [0.3, 0.4) is 0 Å². The zero-order chi connectivity index (χ0) is 17.3. The maximum absolute atomic E-state index is 12.6. The highest BCUT2D eigenvalue weighted by Crippen LogP contribution is 2.29. The monoisotopic (exact) mass is 326 g/mol. The number of amides is 1. The molecule has 0 spiro atoms. The van der Waals surface area contributed by atoms with Gasteiger partial charge in [-0.2, -0.15) is 5.10 Å². The van der Waals surface area contributed by atoms with Crippen LogP contribution in [0, 0.1) is 13.8 Å². The zero-order valence-electron chi connectivity index (χ0n) is 14.9. The van der Waals surface area contributed by atoms with Crippen LogP contribution >= 0.6 is 0 Å². The molecule has 2 N–H and O–H groups in total. The Hall–Kier alpha value is -2.14. The number of carbonyl (C=O) groups excluding carboxylic acids is 1. The van der Waals surface area contributed by atoms with Gasteiger partial charge in [-0.25, -0.2) is 4.68 Å². The second-order valence-electron chi connectivity index (χ2n) is 6.73. The minimum absolute atomic E-state index is 0.0706. The SMILES string of the molecule is CNC(C)CNC(=O)c1nn(-c2ccc(C)cc2C)c2c1CCC2. The predicted molar refractivity (Wildman–Crippen MR) is 95.9 cm³/mol. The molecule has 1 atom stereocenters. The van der Waals surface area contributed by atoms with Crippen LogP contribution in [0.5, 0.6) is 0 Å². The topological polar surface area (TPSA) is 58.9 Å². The summed E-state index contributed by atoms with van der Waals surface area (Å²) >= 11 is 0. The van der Waals surface area contributed by atoms with Gasteiger partial charge in [0.25, 0.3) is 5.91 Å². The van der Waals surface area contributed by atoms with Crippen LogP contribution in [0.1, 0.15) is 46.2 Å². The van der Waals surface area contributed by atoms with Gasteiger partial charge in [0.1, 0.15) is 0 Å². The predicted octanol–water partition coefficient (Wildman–Crippen LogP) is 2.32. The number of benzene rings is 1. The quantitative estimate of drug-likeness (QED) is 0.886. The standard InChI is InChI=1S/C19H26N4O/c1-12-8-9-16(13(2)10-12)23-17-7-5-6-15(17)18(22-23)19(24)21-11-14(3)20-4/h8-10,14,20H,5-7,11H2,1-4H3,(H,21,24). The summed E-state index contributed by atoms with van der Waals surface area (Å²) in [6.45, 7) is 6.82. The van der Waals surface area contributed by atoms with Gasteiger partial charge in [0.15, 0.2) is 5.69 Å². The highest BCUT2D eigenvalue weighted by Gasteiger charge is 2.27. The van der Waals surface area contributed by atoms with Crippen molar-refractivity contribution in [1.29, 1.82) is 0 Å². The Kier molecular flexibility index (Phi) is 4.71. The first kappa shape index (κ1) is 16.7. The average Bonchev–Trinajstić information content (AvgIpc) is 3.15. The molecular formula is C19H26N4O. The van der Waals surface area contributed by atoms with Crippen LogP contribution in [0.25, 0.3) is 5.69 Å². The third-order valence-electron chi connectivity index (χ3n) is 4.79. The summed E-state index contributed by atoms with van der Waals surface area (Å²) in [5.74, 6) is -0.0706. The lowest BCUT2D eigenvalue weighted by Gasteiger charge is -2.11. The highest BCUT2D eigenvalue weighted by molar-refractivity contribution is 5.94. The maximum atomic E-state index is 12.6. The normalized spacial score (nSPS) is 14.5. The Morgan fingerprint density at radius 1 is 1.33 bits per heavy atom. The average molecular weight is 326 g/mol. The zero-order valence-corrected chi connectivity index (χ0v) is 14.9. The van der Waals surface area contributed by atoms with Crippen molar-refractivity contribution in [3.05, 3.63) is 46.3 Å². The van der Waals surface area contributed by atoms with Crippen molar-refractivity contribution < 1.29 is 4.79 Å². The second kappa shape index (κ2) is 6.77. The Morgan fingerprint density at radius 2 is 2.12 bits per heavy atom. The molecule has 0 bridgehead atoms. The van der Waals surface area contributed by atoms with Gasteiger partial charge in [0, 0.05) is 23.8 Å². The molecule has 1 aliphatic carbocycles. The van der Waals surface area contributed by atoms with Crippen LogP contribution in [-0.4, -0.2) is 35.3 Å². The van der Waals surface area contributed by atoms with Gasteiger partial charge < -0.3 is 10.6 Å². The minimum Gasteiger partial charge on any atom is -0.349 e. The molecule has 24 heavy (non-hydrogen) atoms. The minimum atomic E-state index is -0.0706. The van der Waals surface area contributed by atoms with E-state index < -0.39 is 0 Å². The van der Waals surface area contributed by atoms with Crippen molar-refractivity contribution in [2.75, 3.05) is 13.6 Å². The van der Waals surface area contributed by atoms with E-state index in [1.807, 2.05) is 18.7 Å². The summed E-state index contributed by atoms with van der Waals surface area (Å²) in [6, 6.07) is 6.59. The molecule has 1 aliphatic rings. The van der Waals surface area contributed by atoms with Crippen LogP contribution in [0.4, 0.5) is 0 Å². The van der Waals surface area contributed by atoms with Gasteiger partial charge in [-0.05, 0) is 58.7 Å². The Labute approximate surface area is 143 Å². The van der Waals surface area contributed by atoms with Crippen molar-refractivity contribution in [2.24, 2.45) is 0 Å². The fraction of sp³-hybridized carbons (Fsp3) is 0.474. The van der Waals surface area contributed by atoms with E-state index in [-0.39, 0.29) is 11.9 Å². The number of aryl methyl sites for hydroxylation is 2. The molecule has 1 amide bonds. The van der Waals surface area contributed by atoms with E-state index in [4.69, 9.17) is 0 Å². The first-order chi connectivity index (χ1) is 11.5. The number of rotatable bonds is 5. The number of hydrogen-bond donors (Lipinski definition) is 2. The maximum Gasteiger partial charge on any atom is 0.272 e. The summed E-state index contributed by atoms with van der Waals surface area (Å²) in [4.78, 5) is 12.6. The van der Waals surface area contributed by atoms with Gasteiger partial charge in [-0.1, -0.05) is 17.7 Å². The fourth-order valence-corrected chi connectivity index (χ4v) is 3.29. The largest absolute Gasteiger partial charge is 0.349 e. The van der Waals surface area contributed by atoms with Gasteiger partial charge in [0.05, 0.1) is 5.69 Å². The summed E-state index contributed by atoms with van der Waals surface area (Å²) in [5.41, 5.74) is 6.38.